The number of carbonyl (C=O) groups is 1. The van der Waals surface area contributed by atoms with Crippen molar-refractivity contribution in [3.05, 3.63) is 52.4 Å². The van der Waals surface area contributed by atoms with Crippen molar-refractivity contribution in [2.24, 2.45) is 0 Å². The third-order valence-electron chi connectivity index (χ3n) is 2.38. The number of methoxy groups -OCH3 is 1. The smallest absolute Gasteiger partial charge is 0.251 e. The average Bonchev–Trinajstić information content (AvgIpc) is 2.45. The van der Waals surface area contributed by atoms with E-state index in [2.05, 4.69) is 9.97 Å². The number of aromatic amines is 1. The van der Waals surface area contributed by atoms with E-state index in [1.165, 1.54) is 24.0 Å². The van der Waals surface area contributed by atoms with Crippen LogP contribution in [0.1, 0.15) is 10.4 Å². The van der Waals surface area contributed by atoms with E-state index in [0.29, 0.717) is 16.5 Å². The van der Waals surface area contributed by atoms with Crippen molar-refractivity contribution in [2.75, 3.05) is 12.9 Å². The van der Waals surface area contributed by atoms with Crippen LogP contribution in [0.4, 0.5) is 0 Å². The van der Waals surface area contributed by atoms with Crippen molar-refractivity contribution in [2.45, 2.75) is 5.16 Å². The van der Waals surface area contributed by atoms with Gasteiger partial charge in [0.2, 0.25) is 0 Å². The van der Waals surface area contributed by atoms with E-state index in [1.54, 1.807) is 31.4 Å². The molecule has 1 heterocycles. The molecule has 0 saturated heterocycles. The topological polar surface area (TPSA) is 72.0 Å². The molecule has 0 bridgehead atoms. The molecular weight excluding hydrogens is 264 g/mol. The summed E-state index contributed by atoms with van der Waals surface area (Å²) in [6.45, 7) is 0. The van der Waals surface area contributed by atoms with E-state index in [-0.39, 0.29) is 17.1 Å². The van der Waals surface area contributed by atoms with Crippen LogP contribution < -0.4 is 10.3 Å². The highest BCUT2D eigenvalue weighted by Gasteiger charge is 2.08. The van der Waals surface area contributed by atoms with Crippen LogP contribution >= 0.6 is 11.8 Å². The number of nitrogens with one attached hydrogen (secondary N) is 1. The molecule has 0 atom stereocenters. The molecule has 19 heavy (non-hydrogen) atoms. The third-order valence-corrected chi connectivity index (χ3v) is 3.27. The minimum Gasteiger partial charge on any atom is -0.497 e. The minimum absolute atomic E-state index is 0.0459. The van der Waals surface area contributed by atoms with Gasteiger partial charge in [0.25, 0.3) is 5.56 Å². The van der Waals surface area contributed by atoms with E-state index in [4.69, 9.17) is 4.74 Å². The van der Waals surface area contributed by atoms with E-state index < -0.39 is 0 Å². The Hall–Kier alpha value is -2.08. The van der Waals surface area contributed by atoms with Gasteiger partial charge in [0.15, 0.2) is 10.9 Å². The minimum atomic E-state index is -0.230. The summed E-state index contributed by atoms with van der Waals surface area (Å²) in [5, 5.41) is 0.434. The number of Topliss-reactive ketones (excluding diaryl/α,β-unsaturated/α-hetero) is 1. The fourth-order valence-corrected chi connectivity index (χ4v) is 2.18. The summed E-state index contributed by atoms with van der Waals surface area (Å²) in [6.07, 6.45) is 1.41. The zero-order chi connectivity index (χ0) is 13.7. The maximum absolute atomic E-state index is 12.0. The monoisotopic (exact) mass is 276 g/mol. The normalized spacial score (nSPS) is 10.2. The van der Waals surface area contributed by atoms with Gasteiger partial charge in [-0.15, -0.1) is 0 Å². The number of ether oxygens (including phenoxy) is 1. The van der Waals surface area contributed by atoms with E-state index in [0.717, 1.165) is 0 Å². The predicted molar refractivity (Wildman–Crippen MR) is 72.9 cm³/mol. The van der Waals surface area contributed by atoms with Gasteiger partial charge in [0, 0.05) is 17.8 Å². The lowest BCUT2D eigenvalue weighted by atomic mass is 10.1. The number of hydrogen-bond donors (Lipinski definition) is 1. The van der Waals surface area contributed by atoms with Crippen molar-refractivity contribution in [1.82, 2.24) is 9.97 Å². The summed E-state index contributed by atoms with van der Waals surface area (Å²) < 4.78 is 5.06. The standard InChI is InChI=1S/C13H12N2O3S/c1-18-10-4-2-3-9(7-10)11(16)8-19-13-14-6-5-12(17)15-13/h2-7H,8H2,1H3,(H,14,15,17). The predicted octanol–water partition coefficient (Wildman–Crippen LogP) is 1.75. The van der Waals surface area contributed by atoms with Crippen LogP contribution in [-0.4, -0.2) is 28.6 Å². The van der Waals surface area contributed by atoms with Crippen LogP contribution in [0.25, 0.3) is 0 Å². The molecule has 0 spiro atoms. The molecule has 2 aromatic rings. The Labute approximate surface area is 114 Å². The fraction of sp³-hybridized carbons (Fsp3) is 0.154. The van der Waals surface area contributed by atoms with Gasteiger partial charge in [-0.05, 0) is 12.1 Å². The van der Waals surface area contributed by atoms with Gasteiger partial charge < -0.3 is 9.72 Å². The molecule has 0 fully saturated rings. The van der Waals surface area contributed by atoms with Gasteiger partial charge >= 0.3 is 0 Å². The quantitative estimate of drug-likeness (QED) is 0.512. The Kier molecular flexibility index (Phi) is 4.35. The number of carbonyl (C=O) groups excluding carboxylic acids is 1. The molecular formula is C13H12N2O3S. The maximum atomic E-state index is 12.0. The SMILES string of the molecule is COc1cccc(C(=O)CSc2nccc(=O)[nH]2)c1. The molecule has 5 nitrogen and oxygen atoms in total. The molecule has 0 aliphatic carbocycles. The highest BCUT2D eigenvalue weighted by atomic mass is 32.2. The van der Waals surface area contributed by atoms with Crippen LogP contribution in [0.5, 0.6) is 5.75 Å². The molecule has 0 amide bonds. The number of rotatable bonds is 5. The van der Waals surface area contributed by atoms with Gasteiger partial charge in [0.05, 0.1) is 12.9 Å². The van der Waals surface area contributed by atoms with Crippen molar-refractivity contribution in [3.8, 4) is 5.75 Å². The second kappa shape index (κ2) is 6.19. The molecule has 6 heteroatoms. The van der Waals surface area contributed by atoms with Crippen LogP contribution in [0.15, 0.2) is 46.5 Å². The Morgan fingerprint density at radius 3 is 3.00 bits per heavy atom. The molecule has 0 aliphatic heterocycles. The third kappa shape index (κ3) is 3.69. The first-order chi connectivity index (χ1) is 9.19. The summed E-state index contributed by atoms with van der Waals surface area (Å²) in [5.41, 5.74) is 0.344. The first-order valence-corrected chi connectivity index (χ1v) is 6.53. The van der Waals surface area contributed by atoms with Crippen LogP contribution in [-0.2, 0) is 0 Å². The summed E-state index contributed by atoms with van der Waals surface area (Å²) in [4.78, 5) is 29.6. The Morgan fingerprint density at radius 1 is 1.42 bits per heavy atom. The van der Waals surface area contributed by atoms with E-state index in [9.17, 15) is 9.59 Å². The second-order valence-corrected chi connectivity index (χ2v) is 4.65. The zero-order valence-electron chi connectivity index (χ0n) is 10.3. The number of H-pyrrole nitrogens is 1. The molecule has 1 aromatic heterocycles. The lowest BCUT2D eigenvalue weighted by molar-refractivity contribution is 0.102. The molecule has 1 N–H and O–H groups in total. The summed E-state index contributed by atoms with van der Waals surface area (Å²) in [6, 6.07) is 8.28. The van der Waals surface area contributed by atoms with Crippen molar-refractivity contribution >= 4 is 17.5 Å². The van der Waals surface area contributed by atoms with Gasteiger partial charge in [-0.1, -0.05) is 23.9 Å². The molecule has 0 aliphatic rings. The molecule has 1 aromatic carbocycles. The Bertz CT molecular complexity index is 640. The second-order valence-electron chi connectivity index (χ2n) is 3.68. The van der Waals surface area contributed by atoms with Gasteiger partial charge in [-0.2, -0.15) is 0 Å². The lowest BCUT2D eigenvalue weighted by Gasteiger charge is -2.03. The molecule has 0 saturated carbocycles. The first-order valence-electron chi connectivity index (χ1n) is 5.54. The zero-order valence-corrected chi connectivity index (χ0v) is 11.1. The average molecular weight is 276 g/mol. The Balaban J connectivity index is 2.03. The first kappa shape index (κ1) is 13.4. The Morgan fingerprint density at radius 2 is 2.26 bits per heavy atom. The van der Waals surface area contributed by atoms with Crippen molar-refractivity contribution in [1.29, 1.82) is 0 Å². The van der Waals surface area contributed by atoms with E-state index >= 15 is 0 Å². The largest absolute Gasteiger partial charge is 0.497 e. The van der Waals surface area contributed by atoms with Crippen LogP contribution in [0, 0.1) is 0 Å². The molecule has 0 unspecified atom stereocenters. The number of ketones is 1. The summed E-state index contributed by atoms with van der Waals surface area (Å²) in [7, 11) is 1.55. The van der Waals surface area contributed by atoms with Crippen molar-refractivity contribution in [3.63, 3.8) is 0 Å². The number of thioether (sulfide) groups is 1. The van der Waals surface area contributed by atoms with Gasteiger partial charge in [-0.25, -0.2) is 4.98 Å². The lowest BCUT2D eigenvalue weighted by Crippen LogP contribution is -2.08. The van der Waals surface area contributed by atoms with Gasteiger partial charge in [-0.3, -0.25) is 9.59 Å². The van der Waals surface area contributed by atoms with E-state index in [1.807, 2.05) is 0 Å². The summed E-state index contributed by atoms with van der Waals surface area (Å²) >= 11 is 1.19. The maximum Gasteiger partial charge on any atom is 0.251 e. The van der Waals surface area contributed by atoms with Crippen molar-refractivity contribution < 1.29 is 9.53 Å². The highest BCUT2D eigenvalue weighted by Crippen LogP contribution is 2.17. The number of aromatic nitrogens is 2. The summed E-state index contributed by atoms with van der Waals surface area (Å²) in [5.74, 6) is 0.803. The highest BCUT2D eigenvalue weighted by molar-refractivity contribution is 7.99. The molecule has 98 valence electrons. The fourth-order valence-electron chi connectivity index (χ4n) is 1.44. The molecule has 0 radical (unpaired) electrons. The van der Waals surface area contributed by atoms with Crippen LogP contribution in [0.2, 0.25) is 0 Å². The number of benzene rings is 1. The number of hydrogen-bond acceptors (Lipinski definition) is 5. The number of nitrogens with zero attached hydrogens (tertiary/aromatic N) is 1. The molecule has 2 rings (SSSR count). The van der Waals surface area contributed by atoms with Crippen LogP contribution in [0.3, 0.4) is 0 Å². The van der Waals surface area contributed by atoms with Gasteiger partial charge in [0.1, 0.15) is 5.75 Å².